The van der Waals surface area contributed by atoms with E-state index in [4.69, 9.17) is 0 Å². The maximum atomic E-state index is 4.64. The molecule has 3 aromatic rings. The summed E-state index contributed by atoms with van der Waals surface area (Å²) in [7, 11) is 0. The molecule has 0 amide bonds. The number of benzene rings is 1. The van der Waals surface area contributed by atoms with E-state index in [1.807, 2.05) is 24.4 Å². The van der Waals surface area contributed by atoms with E-state index in [-0.39, 0.29) is 0 Å². The third-order valence-electron chi connectivity index (χ3n) is 3.26. The van der Waals surface area contributed by atoms with Gasteiger partial charge < -0.3 is 4.40 Å². The summed E-state index contributed by atoms with van der Waals surface area (Å²) in [5.41, 5.74) is 4.59. The lowest BCUT2D eigenvalue weighted by Gasteiger charge is -2.05. The van der Waals surface area contributed by atoms with E-state index in [2.05, 4.69) is 53.7 Å². The molecular weight excluding hydrogens is 232 g/mol. The molecule has 0 saturated carbocycles. The first-order chi connectivity index (χ1) is 9.22. The minimum absolute atomic E-state index is 0.695. The third-order valence-corrected chi connectivity index (χ3v) is 3.26. The number of imidazole rings is 1. The van der Waals surface area contributed by atoms with Crippen LogP contribution < -0.4 is 0 Å². The maximum Gasteiger partial charge on any atom is 0.137 e. The summed E-state index contributed by atoms with van der Waals surface area (Å²) in [6, 6.07) is 14.8. The molecule has 3 rings (SSSR count). The zero-order valence-electron chi connectivity index (χ0n) is 11.4. The average Bonchev–Trinajstić information content (AvgIpc) is 2.82. The molecule has 2 aromatic heterocycles. The van der Waals surface area contributed by atoms with Crippen LogP contribution in [0.5, 0.6) is 0 Å². The van der Waals surface area contributed by atoms with Gasteiger partial charge >= 0.3 is 0 Å². The van der Waals surface area contributed by atoms with Crippen molar-refractivity contribution in [3.05, 3.63) is 60.4 Å². The Bertz CT molecular complexity index is 645. The molecule has 0 saturated heterocycles. The first kappa shape index (κ1) is 12.0. The van der Waals surface area contributed by atoms with Gasteiger partial charge in [0.25, 0.3) is 0 Å². The highest BCUT2D eigenvalue weighted by atomic mass is 15.0. The molecule has 0 aliphatic heterocycles. The summed E-state index contributed by atoms with van der Waals surface area (Å²) in [6.45, 7) is 4.49. The van der Waals surface area contributed by atoms with Crippen LogP contribution in [0.25, 0.3) is 16.9 Å². The Hall–Kier alpha value is -2.09. The molecule has 2 heterocycles. The molecule has 96 valence electrons. The second-order valence-corrected chi connectivity index (χ2v) is 5.39. The number of fused-ring (bicyclic) bond motifs is 1. The smallest absolute Gasteiger partial charge is 0.137 e. The molecule has 0 radical (unpaired) electrons. The highest BCUT2D eigenvalue weighted by Crippen LogP contribution is 2.20. The Balaban J connectivity index is 1.93. The summed E-state index contributed by atoms with van der Waals surface area (Å²) in [6.07, 6.45) is 5.23. The fourth-order valence-corrected chi connectivity index (χ4v) is 2.36. The first-order valence-electron chi connectivity index (χ1n) is 6.75. The van der Waals surface area contributed by atoms with E-state index in [1.165, 1.54) is 11.1 Å². The second-order valence-electron chi connectivity index (χ2n) is 5.39. The number of hydrogen-bond acceptors (Lipinski definition) is 1. The van der Waals surface area contributed by atoms with Crippen LogP contribution in [-0.4, -0.2) is 9.38 Å². The van der Waals surface area contributed by atoms with E-state index in [0.717, 1.165) is 17.8 Å². The molecule has 19 heavy (non-hydrogen) atoms. The van der Waals surface area contributed by atoms with Crippen LogP contribution in [0.3, 0.4) is 0 Å². The number of nitrogens with zero attached hydrogens (tertiary/aromatic N) is 2. The van der Waals surface area contributed by atoms with Crippen molar-refractivity contribution >= 4 is 5.65 Å². The molecule has 2 heteroatoms. The Kier molecular flexibility index (Phi) is 3.08. The van der Waals surface area contributed by atoms with Gasteiger partial charge in [-0.25, -0.2) is 4.98 Å². The van der Waals surface area contributed by atoms with Gasteiger partial charge in [0.15, 0.2) is 0 Å². The number of hydrogen-bond donors (Lipinski definition) is 0. The van der Waals surface area contributed by atoms with Crippen LogP contribution in [0, 0.1) is 5.92 Å². The zero-order chi connectivity index (χ0) is 13.2. The van der Waals surface area contributed by atoms with Gasteiger partial charge in [-0.15, -0.1) is 0 Å². The summed E-state index contributed by atoms with van der Waals surface area (Å²) in [5, 5.41) is 0. The van der Waals surface area contributed by atoms with Gasteiger partial charge in [0.05, 0.1) is 5.69 Å². The molecule has 0 bridgehead atoms. The SMILES string of the molecule is CC(C)Cc1ccc(-c2cn3ccccc3n2)cc1. The molecule has 2 nitrogen and oxygen atoms in total. The van der Waals surface area contributed by atoms with Crippen molar-refractivity contribution in [2.75, 3.05) is 0 Å². The largest absolute Gasteiger partial charge is 0.306 e. The van der Waals surface area contributed by atoms with Gasteiger partial charge in [-0.05, 0) is 30.0 Å². The highest BCUT2D eigenvalue weighted by Gasteiger charge is 2.04. The molecule has 0 spiro atoms. The standard InChI is InChI=1S/C17H18N2/c1-13(2)11-14-6-8-15(9-7-14)16-12-19-10-4-3-5-17(19)18-16/h3-10,12-13H,11H2,1-2H3. The van der Waals surface area contributed by atoms with E-state index in [9.17, 15) is 0 Å². The van der Waals surface area contributed by atoms with E-state index in [0.29, 0.717) is 5.92 Å². The zero-order valence-corrected chi connectivity index (χ0v) is 11.4. The lowest BCUT2D eigenvalue weighted by molar-refractivity contribution is 0.647. The van der Waals surface area contributed by atoms with E-state index in [1.54, 1.807) is 0 Å². The average molecular weight is 250 g/mol. The normalized spacial score (nSPS) is 11.3. The van der Waals surface area contributed by atoms with Crippen molar-refractivity contribution < 1.29 is 0 Å². The molecule has 0 atom stereocenters. The lowest BCUT2D eigenvalue weighted by Crippen LogP contribution is -1.93. The Labute approximate surface area is 113 Å². The van der Waals surface area contributed by atoms with Crippen LogP contribution in [-0.2, 0) is 6.42 Å². The molecular formula is C17H18N2. The predicted molar refractivity (Wildman–Crippen MR) is 79.2 cm³/mol. The van der Waals surface area contributed by atoms with Crippen LogP contribution in [0.4, 0.5) is 0 Å². The van der Waals surface area contributed by atoms with Gasteiger partial charge in [-0.2, -0.15) is 0 Å². The van der Waals surface area contributed by atoms with Crippen molar-refractivity contribution in [3.63, 3.8) is 0 Å². The fourth-order valence-electron chi connectivity index (χ4n) is 2.36. The van der Waals surface area contributed by atoms with Crippen LogP contribution >= 0.6 is 0 Å². The van der Waals surface area contributed by atoms with Crippen molar-refractivity contribution in [3.8, 4) is 11.3 Å². The van der Waals surface area contributed by atoms with Gasteiger partial charge in [-0.3, -0.25) is 0 Å². The maximum absolute atomic E-state index is 4.64. The first-order valence-corrected chi connectivity index (χ1v) is 6.75. The molecule has 0 fully saturated rings. The van der Waals surface area contributed by atoms with Crippen LogP contribution in [0.1, 0.15) is 19.4 Å². The molecule has 1 aromatic carbocycles. The summed E-state index contributed by atoms with van der Waals surface area (Å²) in [5.74, 6) is 0.695. The van der Waals surface area contributed by atoms with Gasteiger partial charge in [0.2, 0.25) is 0 Å². The van der Waals surface area contributed by atoms with Crippen LogP contribution in [0.15, 0.2) is 54.9 Å². The molecule has 0 aliphatic rings. The lowest BCUT2D eigenvalue weighted by atomic mass is 10.0. The number of aromatic nitrogens is 2. The summed E-state index contributed by atoms with van der Waals surface area (Å²) in [4.78, 5) is 4.64. The van der Waals surface area contributed by atoms with E-state index < -0.39 is 0 Å². The fraction of sp³-hybridized carbons (Fsp3) is 0.235. The summed E-state index contributed by atoms with van der Waals surface area (Å²) < 4.78 is 2.05. The summed E-state index contributed by atoms with van der Waals surface area (Å²) >= 11 is 0. The number of pyridine rings is 1. The van der Waals surface area contributed by atoms with Gasteiger partial charge in [-0.1, -0.05) is 44.2 Å². The van der Waals surface area contributed by atoms with Crippen LogP contribution in [0.2, 0.25) is 0 Å². The third kappa shape index (κ3) is 2.53. The van der Waals surface area contributed by atoms with Crippen molar-refractivity contribution in [2.24, 2.45) is 5.92 Å². The van der Waals surface area contributed by atoms with Gasteiger partial charge in [0, 0.05) is 18.0 Å². The predicted octanol–water partition coefficient (Wildman–Crippen LogP) is 4.20. The highest BCUT2D eigenvalue weighted by molar-refractivity contribution is 5.62. The second kappa shape index (κ2) is 4.88. The Morgan fingerprint density at radius 2 is 1.84 bits per heavy atom. The number of rotatable bonds is 3. The van der Waals surface area contributed by atoms with Crippen molar-refractivity contribution in [2.45, 2.75) is 20.3 Å². The monoisotopic (exact) mass is 250 g/mol. The Morgan fingerprint density at radius 1 is 1.05 bits per heavy atom. The van der Waals surface area contributed by atoms with Gasteiger partial charge in [0.1, 0.15) is 5.65 Å². The molecule has 0 aliphatic carbocycles. The quantitative estimate of drug-likeness (QED) is 0.681. The minimum Gasteiger partial charge on any atom is -0.306 e. The van der Waals surface area contributed by atoms with Crippen molar-refractivity contribution in [1.29, 1.82) is 0 Å². The Morgan fingerprint density at radius 3 is 2.53 bits per heavy atom. The van der Waals surface area contributed by atoms with E-state index >= 15 is 0 Å². The van der Waals surface area contributed by atoms with Crippen molar-refractivity contribution in [1.82, 2.24) is 9.38 Å². The molecule has 0 unspecified atom stereocenters. The molecule has 0 N–H and O–H groups in total. The minimum atomic E-state index is 0.695. The topological polar surface area (TPSA) is 17.3 Å².